The Morgan fingerprint density at radius 3 is 2.58 bits per heavy atom. The fraction of sp³-hybridized carbons (Fsp3) is 0.167. The zero-order valence-electron chi connectivity index (χ0n) is 18.2. The standard InChI is InChI=1S/C24H23N3O6/c1-16-6-8-17(9-7-16)23(28)26-21(24(29)25-12-13-32-2)15-20-10-11-22(33-20)18-4-3-5-19(14-18)27(30)31/h3-11,14-15H,12-13H2,1-2H3,(H,25,29)(H,26,28)/b21-15+. The van der Waals surface area contributed by atoms with Gasteiger partial charge < -0.3 is 19.8 Å². The van der Waals surface area contributed by atoms with Crippen molar-refractivity contribution in [1.82, 2.24) is 10.6 Å². The molecule has 1 heterocycles. The Morgan fingerprint density at radius 2 is 1.88 bits per heavy atom. The number of nitro groups is 1. The zero-order valence-corrected chi connectivity index (χ0v) is 18.2. The van der Waals surface area contributed by atoms with E-state index in [0.29, 0.717) is 23.5 Å². The first-order valence-electron chi connectivity index (χ1n) is 10.1. The van der Waals surface area contributed by atoms with Gasteiger partial charge in [0, 0.05) is 43.0 Å². The van der Waals surface area contributed by atoms with Crippen LogP contribution in [0.3, 0.4) is 0 Å². The van der Waals surface area contributed by atoms with Gasteiger partial charge in [0.1, 0.15) is 17.2 Å². The summed E-state index contributed by atoms with van der Waals surface area (Å²) in [6, 6.07) is 16.2. The lowest BCUT2D eigenvalue weighted by Gasteiger charge is -2.10. The number of amides is 2. The number of carbonyl (C=O) groups excluding carboxylic acids is 2. The Bertz CT molecular complexity index is 1180. The number of furan rings is 1. The van der Waals surface area contributed by atoms with E-state index in [-0.39, 0.29) is 23.7 Å². The summed E-state index contributed by atoms with van der Waals surface area (Å²) in [5, 5.41) is 16.3. The lowest BCUT2D eigenvalue weighted by atomic mass is 10.1. The molecule has 0 fully saturated rings. The average molecular weight is 449 g/mol. The largest absolute Gasteiger partial charge is 0.457 e. The Kier molecular flexibility index (Phi) is 7.72. The molecule has 1 aromatic heterocycles. The Morgan fingerprint density at radius 1 is 1.12 bits per heavy atom. The van der Waals surface area contributed by atoms with E-state index in [9.17, 15) is 19.7 Å². The summed E-state index contributed by atoms with van der Waals surface area (Å²) >= 11 is 0. The molecule has 2 amide bonds. The molecule has 0 saturated heterocycles. The third kappa shape index (κ3) is 6.37. The normalized spacial score (nSPS) is 11.2. The minimum atomic E-state index is -0.513. The number of benzene rings is 2. The van der Waals surface area contributed by atoms with Crippen molar-refractivity contribution >= 4 is 23.6 Å². The zero-order chi connectivity index (χ0) is 23.8. The number of nitrogens with one attached hydrogen (secondary N) is 2. The lowest BCUT2D eigenvalue weighted by molar-refractivity contribution is -0.384. The number of hydrogen-bond donors (Lipinski definition) is 2. The van der Waals surface area contributed by atoms with Crippen molar-refractivity contribution in [3.63, 3.8) is 0 Å². The van der Waals surface area contributed by atoms with Gasteiger partial charge in [0.2, 0.25) is 0 Å². The van der Waals surface area contributed by atoms with Gasteiger partial charge in [-0.3, -0.25) is 19.7 Å². The molecule has 0 saturated carbocycles. The van der Waals surface area contributed by atoms with Crippen molar-refractivity contribution in [3.05, 3.63) is 93.4 Å². The van der Waals surface area contributed by atoms with Gasteiger partial charge in [0.25, 0.3) is 17.5 Å². The maximum absolute atomic E-state index is 12.7. The highest BCUT2D eigenvalue weighted by molar-refractivity contribution is 6.05. The summed E-state index contributed by atoms with van der Waals surface area (Å²) in [7, 11) is 1.51. The van der Waals surface area contributed by atoms with Crippen LogP contribution in [0, 0.1) is 17.0 Å². The molecule has 0 spiro atoms. The van der Waals surface area contributed by atoms with Crippen LogP contribution < -0.4 is 10.6 Å². The molecule has 3 rings (SSSR count). The van der Waals surface area contributed by atoms with Gasteiger partial charge in [-0.15, -0.1) is 0 Å². The van der Waals surface area contributed by atoms with Crippen LogP contribution in [0.4, 0.5) is 5.69 Å². The highest BCUT2D eigenvalue weighted by Gasteiger charge is 2.16. The molecule has 0 aliphatic carbocycles. The van der Waals surface area contributed by atoms with Crippen LogP contribution in [-0.4, -0.2) is 37.0 Å². The van der Waals surface area contributed by atoms with Crippen LogP contribution in [0.5, 0.6) is 0 Å². The van der Waals surface area contributed by atoms with Crippen LogP contribution in [0.2, 0.25) is 0 Å². The molecule has 3 aromatic rings. The van der Waals surface area contributed by atoms with Crippen molar-refractivity contribution in [2.45, 2.75) is 6.92 Å². The van der Waals surface area contributed by atoms with E-state index >= 15 is 0 Å². The Hall–Kier alpha value is -4.24. The second-order valence-electron chi connectivity index (χ2n) is 7.14. The van der Waals surface area contributed by atoms with Crippen molar-refractivity contribution in [2.24, 2.45) is 0 Å². The van der Waals surface area contributed by atoms with Gasteiger partial charge in [0.05, 0.1) is 11.5 Å². The molecule has 170 valence electrons. The van der Waals surface area contributed by atoms with Gasteiger partial charge >= 0.3 is 0 Å². The number of aryl methyl sites for hydroxylation is 1. The quantitative estimate of drug-likeness (QED) is 0.222. The van der Waals surface area contributed by atoms with Crippen molar-refractivity contribution in [1.29, 1.82) is 0 Å². The first kappa shape index (κ1) is 23.4. The van der Waals surface area contributed by atoms with Crippen LogP contribution in [-0.2, 0) is 9.53 Å². The molecule has 0 atom stereocenters. The molecule has 33 heavy (non-hydrogen) atoms. The third-order valence-electron chi connectivity index (χ3n) is 4.65. The fourth-order valence-electron chi connectivity index (χ4n) is 2.92. The van der Waals surface area contributed by atoms with Crippen LogP contribution in [0.1, 0.15) is 21.7 Å². The summed E-state index contributed by atoms with van der Waals surface area (Å²) in [6.07, 6.45) is 1.40. The van der Waals surface area contributed by atoms with Crippen molar-refractivity contribution in [2.75, 3.05) is 20.3 Å². The second kappa shape index (κ2) is 10.9. The summed E-state index contributed by atoms with van der Waals surface area (Å²) in [6.45, 7) is 2.47. The minimum absolute atomic E-state index is 0.0170. The lowest BCUT2D eigenvalue weighted by Crippen LogP contribution is -2.36. The first-order chi connectivity index (χ1) is 15.9. The maximum atomic E-state index is 12.7. The SMILES string of the molecule is COCCNC(=O)/C(=C\c1ccc(-c2cccc([N+](=O)[O-])c2)o1)NC(=O)c1ccc(C)cc1. The molecule has 0 aliphatic heterocycles. The summed E-state index contributed by atoms with van der Waals surface area (Å²) in [5.41, 5.74) is 1.83. The number of carbonyl (C=O) groups is 2. The van der Waals surface area contributed by atoms with Crippen LogP contribution in [0.15, 0.2) is 70.8 Å². The number of non-ortho nitro benzene ring substituents is 1. The van der Waals surface area contributed by atoms with Gasteiger partial charge in [-0.2, -0.15) is 0 Å². The number of nitrogens with zero attached hydrogens (tertiary/aromatic N) is 1. The molecular formula is C24H23N3O6. The second-order valence-corrected chi connectivity index (χ2v) is 7.14. The molecule has 0 bridgehead atoms. The Labute approximate surface area is 190 Å². The number of ether oxygens (including phenoxy) is 1. The van der Waals surface area contributed by atoms with E-state index in [2.05, 4.69) is 10.6 Å². The Balaban J connectivity index is 1.86. The van der Waals surface area contributed by atoms with Crippen LogP contribution >= 0.6 is 0 Å². The predicted octanol–water partition coefficient (Wildman–Crippen LogP) is 3.70. The van der Waals surface area contributed by atoms with E-state index in [0.717, 1.165) is 5.56 Å². The van der Waals surface area contributed by atoms with Crippen LogP contribution in [0.25, 0.3) is 17.4 Å². The third-order valence-corrected chi connectivity index (χ3v) is 4.65. The topological polar surface area (TPSA) is 124 Å². The van der Waals surface area contributed by atoms with E-state index in [1.807, 2.05) is 6.92 Å². The molecule has 2 N–H and O–H groups in total. The molecule has 0 unspecified atom stereocenters. The highest BCUT2D eigenvalue weighted by atomic mass is 16.6. The molecular weight excluding hydrogens is 426 g/mol. The molecule has 9 nitrogen and oxygen atoms in total. The molecule has 0 aliphatic rings. The van der Waals surface area contributed by atoms with Gasteiger partial charge in [0.15, 0.2) is 0 Å². The van der Waals surface area contributed by atoms with Gasteiger partial charge in [-0.25, -0.2) is 0 Å². The van der Waals surface area contributed by atoms with E-state index in [1.165, 1.54) is 25.3 Å². The summed E-state index contributed by atoms with van der Waals surface area (Å²) < 4.78 is 10.7. The average Bonchev–Trinajstić information content (AvgIpc) is 3.28. The minimum Gasteiger partial charge on any atom is -0.457 e. The molecule has 9 heteroatoms. The van der Waals surface area contributed by atoms with Crippen molar-refractivity contribution in [3.8, 4) is 11.3 Å². The smallest absolute Gasteiger partial charge is 0.270 e. The predicted molar refractivity (Wildman–Crippen MR) is 122 cm³/mol. The number of methoxy groups -OCH3 is 1. The first-order valence-corrected chi connectivity index (χ1v) is 10.1. The number of rotatable bonds is 9. The van der Waals surface area contributed by atoms with Gasteiger partial charge in [-0.1, -0.05) is 29.8 Å². The van der Waals surface area contributed by atoms with E-state index < -0.39 is 16.7 Å². The highest BCUT2D eigenvalue weighted by Crippen LogP contribution is 2.26. The van der Waals surface area contributed by atoms with Gasteiger partial charge in [-0.05, 0) is 31.2 Å². The summed E-state index contributed by atoms with van der Waals surface area (Å²) in [4.78, 5) is 35.9. The summed E-state index contributed by atoms with van der Waals surface area (Å²) in [5.74, 6) is -0.291. The fourth-order valence-corrected chi connectivity index (χ4v) is 2.92. The number of nitro benzene ring substituents is 1. The monoisotopic (exact) mass is 449 g/mol. The molecule has 0 radical (unpaired) electrons. The van der Waals surface area contributed by atoms with E-state index in [4.69, 9.17) is 9.15 Å². The van der Waals surface area contributed by atoms with E-state index in [1.54, 1.807) is 48.5 Å². The molecule has 2 aromatic carbocycles. The van der Waals surface area contributed by atoms with Crippen molar-refractivity contribution < 1.29 is 23.7 Å². The maximum Gasteiger partial charge on any atom is 0.270 e. The number of hydrogen-bond acceptors (Lipinski definition) is 6.